The summed E-state index contributed by atoms with van der Waals surface area (Å²) in [6, 6.07) is 4.07. The Morgan fingerprint density at radius 3 is 2.48 bits per heavy atom. The minimum absolute atomic E-state index is 0.0328. The first kappa shape index (κ1) is 38.8. The summed E-state index contributed by atoms with van der Waals surface area (Å²) >= 11 is -2.30. The fourth-order valence-corrected chi connectivity index (χ4v) is 5.26. The summed E-state index contributed by atoms with van der Waals surface area (Å²) in [5.41, 5.74) is 1.60. The number of carbonyl (C=O) groups excluding carboxylic acids is 5. The zero-order valence-electron chi connectivity index (χ0n) is 26.5. The van der Waals surface area contributed by atoms with Gasteiger partial charge in [0.1, 0.15) is 30.8 Å². The van der Waals surface area contributed by atoms with Crippen molar-refractivity contribution in [2.24, 2.45) is 0 Å². The maximum atomic E-state index is 12.7. The molecule has 3 amide bonds. The second kappa shape index (κ2) is 21.4. The lowest BCUT2D eigenvalue weighted by molar-refractivity contribution is -0.176. The highest BCUT2D eigenvalue weighted by Crippen LogP contribution is 2.26. The average molecular weight is 670 g/mol. The number of aliphatic hydroxyl groups excluding tert-OH is 1. The lowest BCUT2D eigenvalue weighted by Crippen LogP contribution is -2.49. The molecule has 0 aliphatic carbocycles. The lowest BCUT2D eigenvalue weighted by atomic mass is 10.0. The minimum atomic E-state index is -2.30. The van der Waals surface area contributed by atoms with Crippen LogP contribution in [-0.4, -0.2) is 87.2 Å². The Labute approximate surface area is 272 Å². The molecule has 0 bridgehead atoms. The summed E-state index contributed by atoms with van der Waals surface area (Å²) in [5.74, 6) is -1.41. The van der Waals surface area contributed by atoms with Gasteiger partial charge in [0.25, 0.3) is 0 Å². The van der Waals surface area contributed by atoms with Crippen LogP contribution in [0.3, 0.4) is 0 Å². The van der Waals surface area contributed by atoms with Crippen LogP contribution in [0.2, 0.25) is 0 Å². The molecule has 0 aromatic heterocycles. The van der Waals surface area contributed by atoms with Crippen molar-refractivity contribution in [3.05, 3.63) is 29.3 Å². The van der Waals surface area contributed by atoms with Gasteiger partial charge in [0.2, 0.25) is 24.0 Å². The summed E-state index contributed by atoms with van der Waals surface area (Å²) in [6.45, 7) is 3.92. The zero-order valence-corrected chi connectivity index (χ0v) is 27.3. The second-order valence-electron chi connectivity index (χ2n) is 11.1. The Morgan fingerprint density at radius 2 is 1.78 bits per heavy atom. The molecule has 1 aromatic rings. The molecule has 1 fully saturated rings. The smallest absolute Gasteiger partial charge is 0.302 e. The number of nitrogens with one attached hydrogen (secondary N) is 3. The summed E-state index contributed by atoms with van der Waals surface area (Å²) in [6.07, 6.45) is 2.98. The van der Waals surface area contributed by atoms with E-state index in [4.69, 9.17) is 14.2 Å². The predicted octanol–water partition coefficient (Wildman–Crippen LogP) is 1.43. The van der Waals surface area contributed by atoms with E-state index in [0.29, 0.717) is 63.5 Å². The SMILES string of the molecule is CCC(=O)NCCCCCC(=O)NC(CS(=O)O)C(=O)NCCCCc1cc(OC2CC(O)CC(C=O)O2)ccc1COC(C)=O. The van der Waals surface area contributed by atoms with Crippen molar-refractivity contribution in [3.8, 4) is 5.75 Å². The van der Waals surface area contributed by atoms with Crippen LogP contribution in [-0.2, 0) is 57.6 Å². The number of carbonyl (C=O) groups is 5. The Balaban J connectivity index is 1.86. The highest BCUT2D eigenvalue weighted by molar-refractivity contribution is 7.79. The number of hydrogen-bond acceptors (Lipinski definition) is 10. The standard InChI is InChI=1S/C31H47N3O11S/c1-3-28(38)32-13-7-4-5-10-29(39)34-27(20-46(41)42)31(40)33-14-8-6-9-22-15-25(12-11-23(22)19-43-21(2)36)44-30-17-24(37)16-26(18-35)45-30/h11-12,15,18,24,26-27,30,37H,3-10,13-14,16-17,19-20H2,1-2H3,(H,32,38)(H,33,40)(H,34,39)(H,41,42). The normalized spacial score (nSPS) is 18.9. The number of ether oxygens (including phenoxy) is 3. The Kier molecular flexibility index (Phi) is 18.0. The fraction of sp³-hybridized carbons (Fsp3) is 0.645. The van der Waals surface area contributed by atoms with Crippen molar-refractivity contribution in [2.45, 2.75) is 109 Å². The number of aldehydes is 1. The van der Waals surface area contributed by atoms with Crippen LogP contribution in [0, 0.1) is 0 Å². The molecule has 5 N–H and O–H groups in total. The predicted molar refractivity (Wildman–Crippen MR) is 168 cm³/mol. The van der Waals surface area contributed by atoms with Gasteiger partial charge in [-0.25, -0.2) is 4.21 Å². The Hall–Kier alpha value is -3.40. The monoisotopic (exact) mass is 669 g/mol. The van der Waals surface area contributed by atoms with Crippen LogP contribution in [0.5, 0.6) is 5.75 Å². The average Bonchev–Trinajstić information content (AvgIpc) is 3.00. The molecule has 258 valence electrons. The van der Waals surface area contributed by atoms with Gasteiger partial charge in [-0.3, -0.25) is 19.2 Å². The van der Waals surface area contributed by atoms with Crippen LogP contribution < -0.4 is 20.7 Å². The van der Waals surface area contributed by atoms with Gasteiger partial charge in [0, 0.05) is 45.7 Å². The highest BCUT2D eigenvalue weighted by atomic mass is 32.2. The van der Waals surface area contributed by atoms with Crippen molar-refractivity contribution >= 4 is 41.1 Å². The van der Waals surface area contributed by atoms with E-state index in [1.165, 1.54) is 6.92 Å². The van der Waals surface area contributed by atoms with Crippen LogP contribution in [0.25, 0.3) is 0 Å². The molecule has 1 saturated heterocycles. The largest absolute Gasteiger partial charge is 0.465 e. The zero-order chi connectivity index (χ0) is 33.9. The van der Waals surface area contributed by atoms with Crippen LogP contribution in [0.1, 0.15) is 82.8 Å². The molecule has 1 aliphatic heterocycles. The minimum Gasteiger partial charge on any atom is -0.465 e. The molecule has 1 heterocycles. The molecule has 1 aliphatic rings. The van der Waals surface area contributed by atoms with Gasteiger partial charge in [-0.1, -0.05) is 19.4 Å². The molecule has 1 aromatic carbocycles. The number of benzene rings is 1. The van der Waals surface area contributed by atoms with Gasteiger partial charge >= 0.3 is 5.97 Å². The molecule has 46 heavy (non-hydrogen) atoms. The second-order valence-corrected chi connectivity index (χ2v) is 12.0. The summed E-state index contributed by atoms with van der Waals surface area (Å²) < 4.78 is 37.4. The Bertz CT molecular complexity index is 1180. The van der Waals surface area contributed by atoms with E-state index in [2.05, 4.69) is 16.0 Å². The van der Waals surface area contributed by atoms with Crippen molar-refractivity contribution in [1.82, 2.24) is 16.0 Å². The third kappa shape index (κ3) is 15.7. The molecule has 0 spiro atoms. The molecular formula is C31H47N3O11S. The number of aryl methyl sites for hydroxylation is 1. The van der Waals surface area contributed by atoms with Gasteiger partial charge in [-0.15, -0.1) is 0 Å². The van der Waals surface area contributed by atoms with E-state index in [0.717, 1.165) is 11.1 Å². The molecule has 5 unspecified atom stereocenters. The number of hydrogen-bond donors (Lipinski definition) is 5. The number of amides is 3. The van der Waals surface area contributed by atoms with Crippen LogP contribution >= 0.6 is 0 Å². The number of esters is 1. The van der Waals surface area contributed by atoms with Crippen LogP contribution in [0.4, 0.5) is 0 Å². The van der Waals surface area contributed by atoms with Gasteiger partial charge in [-0.05, 0) is 55.4 Å². The first-order valence-electron chi connectivity index (χ1n) is 15.6. The molecule has 14 nitrogen and oxygen atoms in total. The molecule has 2 rings (SSSR count). The van der Waals surface area contributed by atoms with E-state index in [1.807, 2.05) is 0 Å². The first-order valence-corrected chi connectivity index (χ1v) is 16.9. The topological polar surface area (TPSA) is 207 Å². The number of aliphatic hydroxyl groups is 1. The molecule has 5 atom stereocenters. The highest BCUT2D eigenvalue weighted by Gasteiger charge is 2.29. The molecule has 15 heteroatoms. The summed E-state index contributed by atoms with van der Waals surface area (Å²) in [7, 11) is 0. The van der Waals surface area contributed by atoms with E-state index in [-0.39, 0.29) is 38.3 Å². The van der Waals surface area contributed by atoms with E-state index in [1.54, 1.807) is 25.1 Å². The Morgan fingerprint density at radius 1 is 1.04 bits per heavy atom. The van der Waals surface area contributed by atoms with E-state index in [9.17, 15) is 37.8 Å². The fourth-order valence-electron chi connectivity index (χ4n) is 4.74. The maximum Gasteiger partial charge on any atom is 0.302 e. The third-order valence-electron chi connectivity index (χ3n) is 7.18. The molecule has 0 saturated carbocycles. The molecule has 0 radical (unpaired) electrons. The first-order chi connectivity index (χ1) is 22.0. The quantitative estimate of drug-likeness (QED) is 0.0548. The van der Waals surface area contributed by atoms with E-state index >= 15 is 0 Å². The van der Waals surface area contributed by atoms with Gasteiger partial charge in [-0.2, -0.15) is 0 Å². The van der Waals surface area contributed by atoms with Crippen LogP contribution in [0.15, 0.2) is 18.2 Å². The van der Waals surface area contributed by atoms with Gasteiger partial charge in [0.05, 0.1) is 11.9 Å². The lowest BCUT2D eigenvalue weighted by Gasteiger charge is -2.30. The van der Waals surface area contributed by atoms with Gasteiger partial charge < -0.3 is 44.6 Å². The van der Waals surface area contributed by atoms with Crippen molar-refractivity contribution < 1.29 is 52.1 Å². The molecular weight excluding hydrogens is 622 g/mol. The number of unbranched alkanes of at least 4 members (excludes halogenated alkanes) is 3. The third-order valence-corrected chi connectivity index (χ3v) is 7.80. The van der Waals surface area contributed by atoms with Gasteiger partial charge in [0.15, 0.2) is 11.1 Å². The van der Waals surface area contributed by atoms with E-state index < -0.39 is 59.2 Å². The van der Waals surface area contributed by atoms with Crippen molar-refractivity contribution in [3.63, 3.8) is 0 Å². The number of rotatable bonds is 21. The summed E-state index contributed by atoms with van der Waals surface area (Å²) in [5, 5.41) is 18.0. The maximum absolute atomic E-state index is 12.7. The van der Waals surface area contributed by atoms with Crippen molar-refractivity contribution in [2.75, 3.05) is 18.8 Å². The van der Waals surface area contributed by atoms with Crippen molar-refractivity contribution in [1.29, 1.82) is 0 Å². The summed E-state index contributed by atoms with van der Waals surface area (Å²) in [4.78, 5) is 58.9.